The topological polar surface area (TPSA) is 105 Å². The van der Waals surface area contributed by atoms with Crippen LogP contribution in [0.3, 0.4) is 0 Å². The molecule has 0 saturated carbocycles. The highest BCUT2D eigenvalue weighted by Crippen LogP contribution is 2.25. The smallest absolute Gasteiger partial charge is 0.241 e. The first-order valence-corrected chi connectivity index (χ1v) is 8.35. The van der Waals surface area contributed by atoms with E-state index >= 15 is 0 Å². The summed E-state index contributed by atoms with van der Waals surface area (Å²) in [6.45, 7) is 0.206. The third-order valence-electron chi connectivity index (χ3n) is 2.21. The van der Waals surface area contributed by atoms with Crippen molar-refractivity contribution in [1.82, 2.24) is 4.72 Å². The summed E-state index contributed by atoms with van der Waals surface area (Å²) >= 11 is 6.42. The lowest BCUT2D eigenvalue weighted by Crippen LogP contribution is -2.26. The number of amidine groups is 1. The van der Waals surface area contributed by atoms with Crippen LogP contribution in [0.1, 0.15) is 12.8 Å². The molecule has 4 N–H and O–H groups in total. The highest BCUT2D eigenvalue weighted by molar-refractivity contribution is 9.11. The van der Waals surface area contributed by atoms with Gasteiger partial charge in [0, 0.05) is 21.9 Å². The number of benzene rings is 1. The molecular weight excluding hydrogens is 402 g/mol. The van der Waals surface area contributed by atoms with Gasteiger partial charge < -0.3 is 10.9 Å². The molecule has 6 nitrogen and oxygen atoms in total. The van der Waals surface area contributed by atoms with E-state index in [0.717, 1.165) is 0 Å². The Morgan fingerprint density at radius 1 is 1.42 bits per heavy atom. The molecule has 0 atom stereocenters. The third kappa shape index (κ3) is 5.09. The van der Waals surface area contributed by atoms with E-state index in [-0.39, 0.29) is 17.3 Å². The third-order valence-corrected chi connectivity index (χ3v) is 5.16. The second-order valence-corrected chi connectivity index (χ2v) is 7.17. The number of sulfonamides is 1. The van der Waals surface area contributed by atoms with Crippen molar-refractivity contribution in [2.24, 2.45) is 10.9 Å². The summed E-state index contributed by atoms with van der Waals surface area (Å²) in [5.41, 5.74) is 5.29. The summed E-state index contributed by atoms with van der Waals surface area (Å²) in [6, 6.07) is 4.90. The van der Waals surface area contributed by atoms with E-state index in [4.69, 9.17) is 10.9 Å². The van der Waals surface area contributed by atoms with Crippen LogP contribution in [0.25, 0.3) is 0 Å². The zero-order chi connectivity index (χ0) is 14.5. The summed E-state index contributed by atoms with van der Waals surface area (Å²) in [4.78, 5) is 0.158. The number of hydrogen-bond donors (Lipinski definition) is 3. The molecule has 0 aliphatic rings. The zero-order valence-corrected chi connectivity index (χ0v) is 13.8. The molecule has 0 bridgehead atoms. The van der Waals surface area contributed by atoms with Gasteiger partial charge in [-0.2, -0.15) is 0 Å². The van der Waals surface area contributed by atoms with Gasteiger partial charge in [-0.15, -0.1) is 0 Å². The van der Waals surface area contributed by atoms with Crippen molar-refractivity contribution in [2.75, 3.05) is 6.54 Å². The first-order valence-electron chi connectivity index (χ1n) is 5.28. The van der Waals surface area contributed by atoms with Crippen molar-refractivity contribution in [1.29, 1.82) is 0 Å². The minimum absolute atomic E-state index is 0.0721. The van der Waals surface area contributed by atoms with Crippen molar-refractivity contribution < 1.29 is 13.6 Å². The molecule has 0 spiro atoms. The number of nitrogens with zero attached hydrogens (tertiary/aromatic N) is 1. The molecule has 9 heteroatoms. The summed E-state index contributed by atoms with van der Waals surface area (Å²) in [7, 11) is -3.59. The summed E-state index contributed by atoms with van der Waals surface area (Å²) in [5, 5.41) is 11.2. The van der Waals surface area contributed by atoms with Gasteiger partial charge in [0.2, 0.25) is 10.0 Å². The average Bonchev–Trinajstić information content (AvgIpc) is 2.37. The molecule has 1 rings (SSSR count). The maximum atomic E-state index is 12.0. The van der Waals surface area contributed by atoms with Crippen molar-refractivity contribution in [3.05, 3.63) is 27.1 Å². The molecule has 0 saturated heterocycles. The molecule has 0 heterocycles. The van der Waals surface area contributed by atoms with E-state index in [1.54, 1.807) is 12.1 Å². The number of nitrogens with two attached hydrogens (primary N) is 1. The highest BCUT2D eigenvalue weighted by Gasteiger charge is 2.17. The second-order valence-electron chi connectivity index (χ2n) is 3.67. The van der Waals surface area contributed by atoms with Gasteiger partial charge in [-0.3, -0.25) is 0 Å². The molecule has 0 unspecified atom stereocenters. The highest BCUT2D eigenvalue weighted by atomic mass is 79.9. The number of hydrogen-bond acceptors (Lipinski definition) is 4. The van der Waals surface area contributed by atoms with E-state index in [1.165, 1.54) is 6.07 Å². The van der Waals surface area contributed by atoms with E-state index in [9.17, 15) is 8.42 Å². The van der Waals surface area contributed by atoms with Crippen molar-refractivity contribution in [3.63, 3.8) is 0 Å². The number of halogens is 2. The van der Waals surface area contributed by atoms with Crippen molar-refractivity contribution >= 4 is 47.7 Å². The van der Waals surface area contributed by atoms with E-state index in [0.29, 0.717) is 21.8 Å². The van der Waals surface area contributed by atoms with E-state index < -0.39 is 10.0 Å². The standard InChI is InChI=1S/C10H13Br2N3O3S/c11-7-3-4-8(12)9(6-7)19(17,18)14-5-1-2-10(13)15-16/h3-4,6,14,16H,1-2,5H2,(H2,13,15). The Bertz CT molecular complexity index is 575. The summed E-state index contributed by atoms with van der Waals surface area (Å²) < 4.78 is 27.7. The lowest BCUT2D eigenvalue weighted by molar-refractivity contribution is 0.316. The maximum Gasteiger partial charge on any atom is 0.241 e. The Balaban J connectivity index is 2.69. The average molecular weight is 415 g/mol. The lowest BCUT2D eigenvalue weighted by Gasteiger charge is -2.08. The Morgan fingerprint density at radius 2 is 2.11 bits per heavy atom. The number of rotatable bonds is 6. The minimum Gasteiger partial charge on any atom is -0.409 e. The van der Waals surface area contributed by atoms with Gasteiger partial charge in [0.1, 0.15) is 5.84 Å². The normalized spacial score (nSPS) is 12.6. The first-order chi connectivity index (χ1) is 8.86. The Hall–Kier alpha value is -0.640. The fourth-order valence-corrected chi connectivity index (χ4v) is 3.86. The van der Waals surface area contributed by atoms with Crippen LogP contribution in [0.5, 0.6) is 0 Å². The monoisotopic (exact) mass is 413 g/mol. The van der Waals surface area contributed by atoms with Crippen LogP contribution in [-0.4, -0.2) is 26.0 Å². The molecular formula is C10H13Br2N3O3S. The molecule has 0 aromatic heterocycles. The van der Waals surface area contributed by atoms with Crippen LogP contribution in [0.2, 0.25) is 0 Å². The fraction of sp³-hybridized carbons (Fsp3) is 0.300. The van der Waals surface area contributed by atoms with Gasteiger partial charge in [0.25, 0.3) is 0 Å². The van der Waals surface area contributed by atoms with E-state index in [2.05, 4.69) is 41.7 Å². The summed E-state index contributed by atoms with van der Waals surface area (Å²) in [5.74, 6) is 0.0721. The van der Waals surface area contributed by atoms with Gasteiger partial charge >= 0.3 is 0 Å². The van der Waals surface area contributed by atoms with Crippen LogP contribution in [0.4, 0.5) is 0 Å². The first kappa shape index (κ1) is 16.4. The van der Waals surface area contributed by atoms with Gasteiger partial charge in [0.05, 0.1) is 4.90 Å². The Kier molecular flexibility index (Phi) is 6.24. The molecule has 0 radical (unpaired) electrons. The molecule has 106 valence electrons. The molecule has 0 amide bonds. The molecule has 1 aromatic carbocycles. The molecule has 19 heavy (non-hydrogen) atoms. The molecule has 1 aromatic rings. The molecule has 0 fully saturated rings. The van der Waals surface area contributed by atoms with Gasteiger partial charge in [-0.05, 0) is 40.5 Å². The lowest BCUT2D eigenvalue weighted by atomic mass is 10.3. The SMILES string of the molecule is N/C(CCCNS(=O)(=O)c1cc(Br)ccc1Br)=N/O. The fourth-order valence-electron chi connectivity index (χ4n) is 1.29. The van der Waals surface area contributed by atoms with Crippen LogP contribution in [0, 0.1) is 0 Å². The number of nitrogens with one attached hydrogen (secondary N) is 1. The Morgan fingerprint density at radius 3 is 2.74 bits per heavy atom. The predicted octanol–water partition coefficient (Wildman–Crippen LogP) is 2.02. The van der Waals surface area contributed by atoms with Crippen LogP contribution in [-0.2, 0) is 10.0 Å². The predicted molar refractivity (Wildman–Crippen MR) is 79.7 cm³/mol. The summed E-state index contributed by atoms with van der Waals surface area (Å²) in [6.07, 6.45) is 0.763. The number of oxime groups is 1. The van der Waals surface area contributed by atoms with Crippen molar-refractivity contribution in [2.45, 2.75) is 17.7 Å². The maximum absolute atomic E-state index is 12.0. The van der Waals surface area contributed by atoms with Crippen molar-refractivity contribution in [3.8, 4) is 0 Å². The second kappa shape index (κ2) is 7.22. The molecule has 0 aliphatic carbocycles. The van der Waals surface area contributed by atoms with Crippen LogP contribution >= 0.6 is 31.9 Å². The van der Waals surface area contributed by atoms with Crippen LogP contribution < -0.4 is 10.5 Å². The minimum atomic E-state index is -3.59. The van der Waals surface area contributed by atoms with Crippen LogP contribution in [0.15, 0.2) is 37.2 Å². The van der Waals surface area contributed by atoms with Gasteiger partial charge in [-0.25, -0.2) is 13.1 Å². The zero-order valence-electron chi connectivity index (χ0n) is 9.81. The quantitative estimate of drug-likeness (QED) is 0.217. The van der Waals surface area contributed by atoms with Gasteiger partial charge in [-0.1, -0.05) is 21.1 Å². The largest absolute Gasteiger partial charge is 0.409 e. The Labute approximate surface area is 128 Å². The molecule has 0 aliphatic heterocycles. The van der Waals surface area contributed by atoms with E-state index in [1.807, 2.05) is 0 Å². The van der Waals surface area contributed by atoms with Gasteiger partial charge in [0.15, 0.2) is 0 Å².